The van der Waals surface area contributed by atoms with E-state index in [4.69, 9.17) is 9.72 Å². The molecular weight excluding hydrogens is 420 g/mol. The van der Waals surface area contributed by atoms with E-state index in [9.17, 15) is 0 Å². The number of benzene rings is 1. The first kappa shape index (κ1) is 22.5. The van der Waals surface area contributed by atoms with E-state index < -0.39 is 0 Å². The largest absolute Gasteiger partial charge is 0.374 e. The van der Waals surface area contributed by atoms with Gasteiger partial charge in [-0.2, -0.15) is 0 Å². The third-order valence-corrected chi connectivity index (χ3v) is 6.12. The van der Waals surface area contributed by atoms with Gasteiger partial charge in [0, 0.05) is 31.6 Å². The Labute approximate surface area is 193 Å². The number of ether oxygens (including phenoxy) is 1. The number of aromatic nitrogens is 2. The maximum absolute atomic E-state index is 5.97. The molecule has 8 heteroatoms. The van der Waals surface area contributed by atoms with Crippen molar-refractivity contribution in [3.05, 3.63) is 59.5 Å². The molecule has 2 saturated heterocycles. The zero-order chi connectivity index (χ0) is 22.0. The molecule has 5 rings (SSSR count). The molecule has 2 fully saturated rings. The lowest BCUT2D eigenvalue weighted by molar-refractivity contribution is 0.0408. The van der Waals surface area contributed by atoms with E-state index in [1.165, 1.54) is 36.4 Å². The second-order valence-electron chi connectivity index (χ2n) is 7.71. The molecule has 0 bridgehead atoms. The molecule has 32 heavy (non-hydrogen) atoms. The van der Waals surface area contributed by atoms with Crippen molar-refractivity contribution in [1.82, 2.24) is 20.6 Å². The van der Waals surface area contributed by atoms with Crippen LogP contribution in [0, 0.1) is 0 Å². The number of rotatable bonds is 5. The summed E-state index contributed by atoms with van der Waals surface area (Å²) in [5, 5.41) is 8.98. The van der Waals surface area contributed by atoms with E-state index in [2.05, 4.69) is 56.5 Å². The van der Waals surface area contributed by atoms with Crippen LogP contribution < -0.4 is 15.5 Å². The molecule has 3 aromatic rings. The van der Waals surface area contributed by atoms with Crippen molar-refractivity contribution in [3.63, 3.8) is 0 Å². The number of morpholine rings is 1. The molecule has 168 valence electrons. The Morgan fingerprint density at radius 2 is 1.91 bits per heavy atom. The highest BCUT2D eigenvalue weighted by atomic mass is 32.1. The molecule has 1 aromatic carbocycles. The van der Waals surface area contributed by atoms with Crippen molar-refractivity contribution < 1.29 is 4.74 Å². The van der Waals surface area contributed by atoms with E-state index in [0.717, 1.165) is 43.4 Å². The number of nitrogens with zero attached hydrogens (tertiary/aromatic N) is 4. The lowest BCUT2D eigenvalue weighted by Gasteiger charge is -2.34. The molecule has 4 heterocycles. The third-order valence-electron chi connectivity index (χ3n) is 5.35. The number of nitrogens with one attached hydrogen (secondary N) is 2. The highest BCUT2D eigenvalue weighted by molar-refractivity contribution is 7.13. The lowest BCUT2D eigenvalue weighted by atomic mass is 10.1. The number of aliphatic imine (C=N–C) groups is 1. The summed E-state index contributed by atoms with van der Waals surface area (Å²) in [6, 6.07) is 16.5. The Hall–Kier alpha value is -2.65. The van der Waals surface area contributed by atoms with Crippen molar-refractivity contribution in [2.45, 2.75) is 18.9 Å². The van der Waals surface area contributed by atoms with Crippen LogP contribution >= 0.6 is 11.3 Å². The molecule has 0 spiro atoms. The summed E-state index contributed by atoms with van der Waals surface area (Å²) in [6.07, 6.45) is 2.37. The quantitative estimate of drug-likeness (QED) is 0.580. The van der Waals surface area contributed by atoms with Gasteiger partial charge in [0.2, 0.25) is 5.13 Å². The first-order valence-corrected chi connectivity index (χ1v) is 11.9. The standard InChI is InChI=1S/C20H20N4OS.C4H10N2/c1-21-20-23-18(14-26-20)17-8-5-9-19(22-17)24-10-11-25-16(13-24)12-15-6-3-2-4-7-15;1-2-5-4-6-3-1/h2-9,14,16H,1,10-13H2;5-6H,1-4H2. The predicted molar refractivity (Wildman–Crippen MR) is 132 cm³/mol. The molecule has 1 atom stereocenters. The molecule has 0 aliphatic carbocycles. The zero-order valence-electron chi connectivity index (χ0n) is 18.2. The minimum absolute atomic E-state index is 0.174. The summed E-state index contributed by atoms with van der Waals surface area (Å²) in [6.45, 7) is 9.30. The Bertz CT molecular complexity index is 964. The molecule has 7 nitrogen and oxygen atoms in total. The summed E-state index contributed by atoms with van der Waals surface area (Å²) in [7, 11) is 0. The Kier molecular flexibility index (Phi) is 8.33. The van der Waals surface area contributed by atoms with Gasteiger partial charge in [0.1, 0.15) is 11.5 Å². The zero-order valence-corrected chi connectivity index (χ0v) is 19.1. The smallest absolute Gasteiger partial charge is 0.209 e. The Balaban J connectivity index is 0.000000354. The summed E-state index contributed by atoms with van der Waals surface area (Å²) in [5.74, 6) is 0.963. The number of hydrogen-bond donors (Lipinski definition) is 2. The van der Waals surface area contributed by atoms with Crippen LogP contribution in [0.5, 0.6) is 0 Å². The van der Waals surface area contributed by atoms with Crippen molar-refractivity contribution in [1.29, 1.82) is 0 Å². The fourth-order valence-corrected chi connectivity index (χ4v) is 4.34. The summed E-state index contributed by atoms with van der Waals surface area (Å²) < 4.78 is 5.97. The summed E-state index contributed by atoms with van der Waals surface area (Å²) in [4.78, 5) is 15.4. The van der Waals surface area contributed by atoms with Crippen LogP contribution in [0.2, 0.25) is 0 Å². The van der Waals surface area contributed by atoms with E-state index in [-0.39, 0.29) is 6.10 Å². The first-order valence-electron chi connectivity index (χ1n) is 11.0. The Morgan fingerprint density at radius 3 is 2.59 bits per heavy atom. The van der Waals surface area contributed by atoms with Gasteiger partial charge in [-0.1, -0.05) is 36.4 Å². The van der Waals surface area contributed by atoms with Crippen molar-refractivity contribution in [2.75, 3.05) is 44.4 Å². The maximum Gasteiger partial charge on any atom is 0.209 e. The predicted octanol–water partition coefficient (Wildman–Crippen LogP) is 3.51. The Morgan fingerprint density at radius 1 is 1.06 bits per heavy atom. The topological polar surface area (TPSA) is 74.7 Å². The molecule has 2 aliphatic heterocycles. The molecule has 0 saturated carbocycles. The average molecular weight is 451 g/mol. The lowest BCUT2D eigenvalue weighted by Crippen LogP contribution is -2.43. The van der Waals surface area contributed by atoms with Crippen molar-refractivity contribution in [3.8, 4) is 11.4 Å². The van der Waals surface area contributed by atoms with Crippen LogP contribution in [0.4, 0.5) is 10.9 Å². The van der Waals surface area contributed by atoms with Gasteiger partial charge >= 0.3 is 0 Å². The average Bonchev–Trinajstić information content (AvgIpc) is 3.36. The van der Waals surface area contributed by atoms with Crippen LogP contribution in [0.15, 0.2) is 58.9 Å². The third kappa shape index (κ3) is 6.43. The second kappa shape index (κ2) is 11.8. The second-order valence-corrected chi connectivity index (χ2v) is 8.55. The van der Waals surface area contributed by atoms with E-state index >= 15 is 0 Å². The highest BCUT2D eigenvalue weighted by Crippen LogP contribution is 2.27. The van der Waals surface area contributed by atoms with Crippen LogP contribution in [0.25, 0.3) is 11.4 Å². The van der Waals surface area contributed by atoms with Gasteiger partial charge < -0.3 is 20.3 Å². The number of pyridine rings is 1. The molecule has 2 N–H and O–H groups in total. The summed E-state index contributed by atoms with van der Waals surface area (Å²) >= 11 is 1.47. The fourth-order valence-electron chi connectivity index (χ4n) is 3.73. The van der Waals surface area contributed by atoms with Crippen LogP contribution in [-0.4, -0.2) is 62.2 Å². The molecular formula is C24H30N6OS. The minimum atomic E-state index is 0.174. The SMILES string of the molecule is C1CNCNC1.C=Nc1nc(-c2cccc(N3CCOC(Cc4ccccc4)C3)n2)cs1. The number of thiazole rings is 1. The first-order chi connectivity index (χ1) is 15.8. The molecule has 2 aliphatic rings. The number of hydrogen-bond acceptors (Lipinski definition) is 8. The van der Waals surface area contributed by atoms with Crippen molar-refractivity contribution in [2.24, 2.45) is 4.99 Å². The van der Waals surface area contributed by atoms with E-state index in [1.54, 1.807) is 0 Å². The van der Waals surface area contributed by atoms with E-state index in [1.807, 2.05) is 29.6 Å². The molecule has 0 radical (unpaired) electrons. The van der Waals surface area contributed by atoms with Gasteiger partial charge in [0.15, 0.2) is 0 Å². The normalized spacial score (nSPS) is 18.5. The summed E-state index contributed by atoms with van der Waals surface area (Å²) in [5.41, 5.74) is 3.00. The molecule has 1 unspecified atom stereocenters. The highest BCUT2D eigenvalue weighted by Gasteiger charge is 2.22. The van der Waals surface area contributed by atoms with Gasteiger partial charge in [0.25, 0.3) is 0 Å². The van der Waals surface area contributed by atoms with Gasteiger partial charge in [-0.05, 0) is 43.9 Å². The molecule has 2 aromatic heterocycles. The van der Waals surface area contributed by atoms with Gasteiger partial charge in [-0.15, -0.1) is 11.3 Å². The van der Waals surface area contributed by atoms with E-state index in [0.29, 0.717) is 11.7 Å². The fraction of sp³-hybridized carbons (Fsp3) is 0.375. The maximum atomic E-state index is 5.97. The van der Waals surface area contributed by atoms with Crippen molar-refractivity contribution >= 4 is 29.0 Å². The molecule has 0 amide bonds. The van der Waals surface area contributed by atoms with Crippen LogP contribution in [0.1, 0.15) is 12.0 Å². The van der Waals surface area contributed by atoms with Crippen LogP contribution in [-0.2, 0) is 11.2 Å². The van der Waals surface area contributed by atoms with Gasteiger partial charge in [0.05, 0.1) is 18.4 Å². The van der Waals surface area contributed by atoms with Gasteiger partial charge in [-0.3, -0.25) is 0 Å². The monoisotopic (exact) mass is 450 g/mol. The minimum Gasteiger partial charge on any atom is -0.374 e. The number of anilines is 1. The van der Waals surface area contributed by atoms with Gasteiger partial charge in [-0.25, -0.2) is 15.0 Å². The van der Waals surface area contributed by atoms with Crippen LogP contribution in [0.3, 0.4) is 0 Å².